The number of benzene rings is 6. The third-order valence-corrected chi connectivity index (χ3v) is 12.1. The molecule has 0 amide bonds. The Balaban J connectivity index is 0.000000541. The zero-order valence-corrected chi connectivity index (χ0v) is 34.7. The Morgan fingerprint density at radius 1 is 0.603 bits per heavy atom. The molecule has 0 radical (unpaired) electrons. The van der Waals surface area contributed by atoms with Gasteiger partial charge in [-0.05, 0) is 106 Å². The number of rotatable bonds is 4. The Bertz CT molecular complexity index is 2780. The molecule has 7 aromatic rings. The molecule has 0 unspecified atom stereocenters. The lowest BCUT2D eigenvalue weighted by Crippen LogP contribution is -2.17. The van der Waals surface area contributed by atoms with Gasteiger partial charge in [0.25, 0.3) is 0 Å². The summed E-state index contributed by atoms with van der Waals surface area (Å²) in [6, 6.07) is 49.0. The summed E-state index contributed by atoms with van der Waals surface area (Å²) in [6.07, 6.45) is 10.5. The van der Waals surface area contributed by atoms with Crippen LogP contribution < -0.4 is 10.6 Å². The summed E-state index contributed by atoms with van der Waals surface area (Å²) in [7, 11) is 0. The van der Waals surface area contributed by atoms with E-state index in [-0.39, 0.29) is 10.8 Å². The van der Waals surface area contributed by atoms with Crippen LogP contribution in [0.5, 0.6) is 0 Å². The summed E-state index contributed by atoms with van der Waals surface area (Å²) < 4.78 is 2.25. The minimum atomic E-state index is -0.0909. The largest absolute Gasteiger partial charge is 0.384 e. The molecule has 58 heavy (non-hydrogen) atoms. The van der Waals surface area contributed by atoms with E-state index in [0.717, 1.165) is 34.4 Å². The predicted molar refractivity (Wildman–Crippen MR) is 250 cm³/mol. The normalized spacial score (nSPS) is 15.4. The van der Waals surface area contributed by atoms with E-state index in [1.807, 2.05) is 26.0 Å². The molecule has 0 bridgehead atoms. The van der Waals surface area contributed by atoms with Gasteiger partial charge in [-0.2, -0.15) is 0 Å². The fraction of sp³-hybridized carbons (Fsp3) is 0.164. The van der Waals surface area contributed by atoms with Crippen LogP contribution in [0, 0.1) is 0 Å². The maximum absolute atomic E-state index is 7.27. The molecule has 1 aromatic heterocycles. The van der Waals surface area contributed by atoms with Gasteiger partial charge in [-0.1, -0.05) is 156 Å². The first-order chi connectivity index (χ1) is 28.1. The van der Waals surface area contributed by atoms with Crippen molar-refractivity contribution in [3.05, 3.63) is 210 Å². The van der Waals surface area contributed by atoms with Crippen LogP contribution in [-0.4, -0.2) is 4.57 Å². The van der Waals surface area contributed by atoms with Gasteiger partial charge in [-0.15, -0.1) is 6.58 Å². The highest BCUT2D eigenvalue weighted by molar-refractivity contribution is 5.99. The van der Waals surface area contributed by atoms with Crippen molar-refractivity contribution >= 4 is 34.2 Å². The predicted octanol–water partition coefficient (Wildman–Crippen LogP) is 14.5. The lowest BCUT2D eigenvalue weighted by molar-refractivity contribution is 0.660. The Morgan fingerprint density at radius 3 is 1.72 bits per heavy atom. The molecule has 2 N–H and O–H groups in total. The molecule has 3 aliphatic rings. The molecular formula is C55H53N3. The summed E-state index contributed by atoms with van der Waals surface area (Å²) in [6.45, 7) is 20.0. The van der Waals surface area contributed by atoms with Crippen LogP contribution in [0.4, 0.5) is 17.2 Å². The van der Waals surface area contributed by atoms with Crippen molar-refractivity contribution < 1.29 is 0 Å². The number of para-hydroxylation sites is 2. The second-order valence-electron chi connectivity index (χ2n) is 16.4. The highest BCUT2D eigenvalue weighted by Crippen LogP contribution is 2.52. The third-order valence-electron chi connectivity index (χ3n) is 12.1. The van der Waals surface area contributed by atoms with Gasteiger partial charge in [-0.3, -0.25) is 4.57 Å². The molecule has 0 saturated heterocycles. The molecular weight excluding hydrogens is 703 g/mol. The summed E-state index contributed by atoms with van der Waals surface area (Å²) in [5, 5.41) is 1.15. The minimum Gasteiger partial charge on any atom is -0.384 e. The van der Waals surface area contributed by atoms with Crippen LogP contribution >= 0.6 is 0 Å². The van der Waals surface area contributed by atoms with Crippen molar-refractivity contribution in [3.8, 4) is 27.9 Å². The fourth-order valence-corrected chi connectivity index (χ4v) is 9.41. The second-order valence-corrected chi connectivity index (χ2v) is 16.4. The number of allylic oxidation sites excluding steroid dienone is 5. The average Bonchev–Trinajstić information content (AvgIpc) is 3.89. The number of nitrogens with zero attached hydrogens (tertiary/aromatic N) is 2. The van der Waals surface area contributed by atoms with Crippen LogP contribution in [0.2, 0.25) is 0 Å². The molecule has 288 valence electrons. The van der Waals surface area contributed by atoms with Crippen LogP contribution in [0.25, 0.3) is 44.9 Å². The van der Waals surface area contributed by atoms with E-state index in [1.165, 1.54) is 67.1 Å². The summed E-state index contributed by atoms with van der Waals surface area (Å²) in [4.78, 5) is 2.45. The van der Waals surface area contributed by atoms with E-state index < -0.39 is 0 Å². The number of nitrogen functional groups attached to an aromatic ring is 1. The number of hydrogen-bond acceptors (Lipinski definition) is 2. The van der Waals surface area contributed by atoms with Gasteiger partial charge in [0, 0.05) is 51.0 Å². The summed E-state index contributed by atoms with van der Waals surface area (Å²) in [5.74, 6) is 0.758. The van der Waals surface area contributed by atoms with Gasteiger partial charge in [0.15, 0.2) is 0 Å². The van der Waals surface area contributed by atoms with E-state index in [0.29, 0.717) is 0 Å². The van der Waals surface area contributed by atoms with Crippen molar-refractivity contribution in [2.45, 2.75) is 58.8 Å². The van der Waals surface area contributed by atoms with Crippen molar-refractivity contribution in [3.63, 3.8) is 0 Å². The number of fused-ring (bicyclic) bond motifs is 8. The van der Waals surface area contributed by atoms with Crippen molar-refractivity contribution in [1.29, 1.82) is 0 Å². The van der Waals surface area contributed by atoms with Crippen LogP contribution in [-0.2, 0) is 17.3 Å². The monoisotopic (exact) mass is 755 g/mol. The maximum Gasteiger partial charge on any atom is 0.116 e. The Hall–Kier alpha value is -6.58. The smallest absolute Gasteiger partial charge is 0.116 e. The molecule has 1 aliphatic heterocycles. The topological polar surface area (TPSA) is 34.2 Å². The molecule has 2 aliphatic carbocycles. The molecule has 3 heteroatoms. The van der Waals surface area contributed by atoms with E-state index in [4.69, 9.17) is 5.73 Å². The summed E-state index contributed by atoms with van der Waals surface area (Å²) in [5.41, 5.74) is 26.1. The minimum absolute atomic E-state index is 0.0747. The number of anilines is 3. The molecule has 2 heterocycles. The van der Waals surface area contributed by atoms with Crippen molar-refractivity contribution in [2.75, 3.05) is 10.6 Å². The standard InChI is InChI=1S/C47H39N3.C5H8.C3H6/c1-46(2)39-17-9-6-14-33(39)35-23-21-30(27-41(35)46)49-32(25-29-13-5-11-19-43(29)49)26-38-37-16-8-12-20-44(37)50(45(38)48)31-22-24-36-34-15-7-10-18-40(34)47(3,4)42(36)28-31;1-3-5-4-2;1-3-2/h5-24,26-28H,25,48H2,1-4H3;3-5H,1H2,2H3;3H,1H2,2H3/b32-26+;5-4-;. The van der Waals surface area contributed by atoms with Gasteiger partial charge in [0.2, 0.25) is 0 Å². The van der Waals surface area contributed by atoms with Crippen molar-refractivity contribution in [2.24, 2.45) is 0 Å². The maximum atomic E-state index is 7.27. The van der Waals surface area contributed by atoms with Gasteiger partial charge in [0.1, 0.15) is 5.82 Å². The number of hydrogen-bond donors (Lipinski definition) is 1. The van der Waals surface area contributed by atoms with Crippen molar-refractivity contribution in [1.82, 2.24) is 4.57 Å². The second kappa shape index (κ2) is 15.1. The SMILES string of the molecule is C=C/C=C\C.C=CC.CC1(C)c2ccccc2-c2ccc(N3/C(=C/c4c(N)n(-c5ccc6c(c5)C(C)(C)c5ccccc5-6)c5ccccc45)Cc4ccccc43)cc21. The van der Waals surface area contributed by atoms with Gasteiger partial charge < -0.3 is 10.6 Å². The summed E-state index contributed by atoms with van der Waals surface area (Å²) >= 11 is 0. The van der Waals surface area contributed by atoms with Gasteiger partial charge in [0.05, 0.1) is 5.52 Å². The Morgan fingerprint density at radius 2 is 1.12 bits per heavy atom. The van der Waals surface area contributed by atoms with Crippen LogP contribution in [0.3, 0.4) is 0 Å². The van der Waals surface area contributed by atoms with E-state index in [2.05, 4.69) is 190 Å². The quantitative estimate of drug-likeness (QED) is 0.143. The molecule has 0 atom stereocenters. The Kier molecular flexibility index (Phi) is 9.95. The molecule has 10 rings (SSSR count). The van der Waals surface area contributed by atoms with E-state index in [1.54, 1.807) is 12.2 Å². The average molecular weight is 756 g/mol. The molecule has 6 aromatic carbocycles. The number of nitrogens with two attached hydrogens (primary N) is 1. The highest BCUT2D eigenvalue weighted by atomic mass is 15.2. The molecule has 3 nitrogen and oxygen atoms in total. The first kappa shape index (κ1) is 38.3. The van der Waals surface area contributed by atoms with Gasteiger partial charge in [-0.25, -0.2) is 0 Å². The lowest BCUT2D eigenvalue weighted by Gasteiger charge is -2.26. The van der Waals surface area contributed by atoms with Crippen LogP contribution in [0.1, 0.15) is 74.9 Å². The lowest BCUT2D eigenvalue weighted by atomic mass is 9.82. The highest BCUT2D eigenvalue weighted by Gasteiger charge is 2.37. The van der Waals surface area contributed by atoms with E-state index >= 15 is 0 Å². The van der Waals surface area contributed by atoms with Gasteiger partial charge >= 0.3 is 0 Å². The fourth-order valence-electron chi connectivity index (χ4n) is 9.41. The van der Waals surface area contributed by atoms with E-state index in [9.17, 15) is 0 Å². The third kappa shape index (κ3) is 6.14. The molecule has 0 saturated carbocycles. The number of aromatic nitrogens is 1. The first-order valence-corrected chi connectivity index (χ1v) is 20.3. The zero-order valence-electron chi connectivity index (χ0n) is 34.7. The first-order valence-electron chi connectivity index (χ1n) is 20.3. The molecule has 0 spiro atoms. The van der Waals surface area contributed by atoms with Crippen LogP contribution in [0.15, 0.2) is 177 Å². The Labute approximate surface area is 344 Å². The zero-order chi connectivity index (χ0) is 40.8. The molecule has 0 fully saturated rings.